The molecule has 28 heavy (non-hydrogen) atoms. The lowest BCUT2D eigenvalue weighted by Gasteiger charge is -2.31. The van der Waals surface area contributed by atoms with Crippen LogP contribution in [0.1, 0.15) is 49.8 Å². The number of hydrogen-bond acceptors (Lipinski definition) is 3. The second-order valence-electron chi connectivity index (χ2n) is 8.02. The zero-order chi connectivity index (χ0) is 19.4. The molecule has 0 amide bonds. The van der Waals surface area contributed by atoms with Gasteiger partial charge in [-0.05, 0) is 72.0 Å². The highest BCUT2D eigenvalue weighted by Crippen LogP contribution is 2.66. The molecule has 0 aromatic heterocycles. The Morgan fingerprint density at radius 3 is 2.36 bits per heavy atom. The van der Waals surface area contributed by atoms with E-state index >= 15 is 0 Å². The van der Waals surface area contributed by atoms with E-state index in [9.17, 15) is 0 Å². The predicted octanol–water partition coefficient (Wildman–Crippen LogP) is 5.78. The molecule has 0 radical (unpaired) electrons. The highest BCUT2D eigenvalue weighted by molar-refractivity contribution is 6.13. The molecule has 0 spiro atoms. The number of hydrogen-bond donors (Lipinski definition) is 1. The van der Waals surface area contributed by atoms with Crippen LogP contribution < -0.4 is 5.32 Å². The van der Waals surface area contributed by atoms with Gasteiger partial charge in [0, 0.05) is 16.7 Å². The van der Waals surface area contributed by atoms with Gasteiger partial charge in [-0.25, -0.2) is 0 Å². The minimum absolute atomic E-state index is 0.00609. The maximum absolute atomic E-state index is 9.05. The Labute approximate surface area is 165 Å². The molecule has 0 bridgehead atoms. The predicted molar refractivity (Wildman–Crippen MR) is 115 cm³/mol. The Morgan fingerprint density at radius 2 is 1.71 bits per heavy atom. The topological polar surface area (TPSA) is 48.2 Å². The van der Waals surface area contributed by atoms with Crippen molar-refractivity contribution in [3.63, 3.8) is 0 Å². The van der Waals surface area contributed by atoms with E-state index in [4.69, 9.17) is 10.3 Å². The number of aliphatic imine (C=N–C) groups is 1. The van der Waals surface area contributed by atoms with Crippen LogP contribution in [0.3, 0.4) is 0 Å². The van der Waals surface area contributed by atoms with E-state index in [0.29, 0.717) is 5.56 Å². The standard InChI is InChI=1S/C25H23N3/c1-3-24-16-25(24,4-2)28-23(27-20-11-9-17(15-26)10-12-20)21-13-18-7-5-6-8-19(18)14-22(21)24/h5-14H,3-4,16H2,1-2H3,(H,27,28)/t24?,25-/m0/s1. The summed E-state index contributed by atoms with van der Waals surface area (Å²) in [5.41, 5.74) is 4.45. The molecule has 3 aromatic carbocycles. The van der Waals surface area contributed by atoms with E-state index < -0.39 is 0 Å². The Kier molecular flexibility index (Phi) is 3.61. The van der Waals surface area contributed by atoms with Gasteiger partial charge < -0.3 is 5.32 Å². The summed E-state index contributed by atoms with van der Waals surface area (Å²) in [7, 11) is 0. The summed E-state index contributed by atoms with van der Waals surface area (Å²) in [6.45, 7) is 4.55. The van der Waals surface area contributed by atoms with E-state index in [-0.39, 0.29) is 11.0 Å². The Balaban J connectivity index is 1.67. The molecule has 3 aromatic rings. The van der Waals surface area contributed by atoms with Crippen molar-refractivity contribution >= 4 is 22.3 Å². The maximum atomic E-state index is 9.05. The molecule has 1 aliphatic heterocycles. The van der Waals surface area contributed by atoms with Crippen LogP contribution in [0, 0.1) is 11.3 Å². The van der Waals surface area contributed by atoms with Crippen molar-refractivity contribution in [1.29, 1.82) is 5.26 Å². The first kappa shape index (κ1) is 17.0. The lowest BCUT2D eigenvalue weighted by atomic mass is 9.80. The summed E-state index contributed by atoms with van der Waals surface area (Å²) in [5, 5.41) is 15.1. The fourth-order valence-corrected chi connectivity index (χ4v) is 5.10. The SMILES string of the molecule is CCC12C[C@]1(CC)N=C(Nc1ccc(C#N)cc1)c1cc3ccccc3cc12. The normalized spacial score (nSPS) is 24.7. The molecule has 1 fully saturated rings. The zero-order valence-corrected chi connectivity index (χ0v) is 16.3. The van der Waals surface area contributed by atoms with Crippen molar-refractivity contribution in [2.24, 2.45) is 4.99 Å². The van der Waals surface area contributed by atoms with E-state index in [1.807, 2.05) is 24.3 Å². The Bertz CT molecular complexity index is 1150. The highest BCUT2D eigenvalue weighted by atomic mass is 15.1. The number of fused-ring (bicyclic) bond motifs is 4. The Morgan fingerprint density at radius 1 is 1.00 bits per heavy atom. The van der Waals surface area contributed by atoms with Gasteiger partial charge in [-0.2, -0.15) is 5.26 Å². The summed E-state index contributed by atoms with van der Waals surface area (Å²) >= 11 is 0. The van der Waals surface area contributed by atoms with E-state index in [0.717, 1.165) is 30.8 Å². The first-order chi connectivity index (χ1) is 13.6. The number of nitrogens with one attached hydrogen (secondary N) is 1. The van der Waals surface area contributed by atoms with Crippen LogP contribution in [0.25, 0.3) is 10.8 Å². The third-order valence-corrected chi connectivity index (χ3v) is 6.81. The molecule has 1 saturated carbocycles. The van der Waals surface area contributed by atoms with Gasteiger partial charge in [-0.15, -0.1) is 0 Å². The number of benzene rings is 3. The van der Waals surface area contributed by atoms with E-state index in [1.165, 1.54) is 21.9 Å². The molecule has 3 nitrogen and oxygen atoms in total. The quantitative estimate of drug-likeness (QED) is 0.639. The van der Waals surface area contributed by atoms with Crippen molar-refractivity contribution in [2.75, 3.05) is 5.32 Å². The van der Waals surface area contributed by atoms with Crippen LogP contribution >= 0.6 is 0 Å². The molecule has 2 aliphatic rings. The van der Waals surface area contributed by atoms with Crippen molar-refractivity contribution in [3.05, 3.63) is 77.4 Å². The molecular formula is C25H23N3. The Hall–Kier alpha value is -3.12. The molecule has 1 heterocycles. The van der Waals surface area contributed by atoms with Crippen LogP contribution in [0.4, 0.5) is 5.69 Å². The number of amidine groups is 1. The van der Waals surface area contributed by atoms with Crippen LogP contribution in [0.2, 0.25) is 0 Å². The molecule has 1 N–H and O–H groups in total. The zero-order valence-electron chi connectivity index (χ0n) is 16.3. The number of nitriles is 1. The van der Waals surface area contributed by atoms with Crippen molar-refractivity contribution in [2.45, 2.75) is 44.1 Å². The molecular weight excluding hydrogens is 342 g/mol. The second-order valence-corrected chi connectivity index (χ2v) is 8.02. The third-order valence-electron chi connectivity index (χ3n) is 6.81. The molecule has 3 heteroatoms. The fourth-order valence-electron chi connectivity index (χ4n) is 5.10. The molecule has 1 unspecified atom stereocenters. The molecule has 2 atom stereocenters. The first-order valence-electron chi connectivity index (χ1n) is 10.1. The minimum Gasteiger partial charge on any atom is -0.340 e. The summed E-state index contributed by atoms with van der Waals surface area (Å²) in [4.78, 5) is 5.28. The van der Waals surface area contributed by atoms with Gasteiger partial charge in [0.25, 0.3) is 0 Å². The monoisotopic (exact) mass is 365 g/mol. The van der Waals surface area contributed by atoms with E-state index in [2.05, 4.69) is 61.6 Å². The van der Waals surface area contributed by atoms with Gasteiger partial charge in [-0.3, -0.25) is 4.99 Å². The van der Waals surface area contributed by atoms with Gasteiger partial charge in [0.05, 0.1) is 17.2 Å². The van der Waals surface area contributed by atoms with Crippen LogP contribution in [0.15, 0.2) is 65.7 Å². The third kappa shape index (κ3) is 2.24. The van der Waals surface area contributed by atoms with Gasteiger partial charge in [-0.1, -0.05) is 38.1 Å². The van der Waals surface area contributed by atoms with Gasteiger partial charge >= 0.3 is 0 Å². The number of rotatable bonds is 3. The average Bonchev–Trinajstić information content (AvgIpc) is 3.43. The van der Waals surface area contributed by atoms with Crippen molar-refractivity contribution in [1.82, 2.24) is 0 Å². The van der Waals surface area contributed by atoms with Crippen molar-refractivity contribution < 1.29 is 0 Å². The first-order valence-corrected chi connectivity index (χ1v) is 10.1. The largest absolute Gasteiger partial charge is 0.340 e. The lowest BCUT2D eigenvalue weighted by Crippen LogP contribution is -2.32. The summed E-state index contributed by atoms with van der Waals surface area (Å²) in [6, 6.07) is 23.0. The van der Waals surface area contributed by atoms with Gasteiger partial charge in [0.1, 0.15) is 5.84 Å². The second kappa shape index (κ2) is 5.94. The van der Waals surface area contributed by atoms with E-state index in [1.54, 1.807) is 0 Å². The average molecular weight is 365 g/mol. The molecule has 138 valence electrons. The highest BCUT2D eigenvalue weighted by Gasteiger charge is 2.68. The van der Waals surface area contributed by atoms with Gasteiger partial charge in [0.15, 0.2) is 0 Å². The van der Waals surface area contributed by atoms with Crippen molar-refractivity contribution in [3.8, 4) is 6.07 Å². The molecule has 1 aliphatic carbocycles. The van der Waals surface area contributed by atoms with Gasteiger partial charge in [0.2, 0.25) is 0 Å². The fraction of sp³-hybridized carbons (Fsp3) is 0.280. The smallest absolute Gasteiger partial charge is 0.133 e. The summed E-state index contributed by atoms with van der Waals surface area (Å²) in [6.07, 6.45) is 3.28. The molecule has 5 rings (SSSR count). The molecule has 0 saturated heterocycles. The summed E-state index contributed by atoms with van der Waals surface area (Å²) < 4.78 is 0. The number of anilines is 1. The van der Waals surface area contributed by atoms with Crippen LogP contribution in [-0.4, -0.2) is 11.4 Å². The van der Waals surface area contributed by atoms with Crippen LogP contribution in [0.5, 0.6) is 0 Å². The summed E-state index contributed by atoms with van der Waals surface area (Å²) in [5.74, 6) is 0.953. The number of nitrogens with zero attached hydrogens (tertiary/aromatic N) is 2. The minimum atomic E-state index is 0.00609. The lowest BCUT2D eigenvalue weighted by molar-refractivity contribution is 0.499. The van der Waals surface area contributed by atoms with Crippen LogP contribution in [-0.2, 0) is 5.41 Å². The maximum Gasteiger partial charge on any atom is 0.133 e.